The second kappa shape index (κ2) is 2.85. The summed E-state index contributed by atoms with van der Waals surface area (Å²) in [5.41, 5.74) is 5.23. The molecular formula is C4H5ClN4O2. The molecule has 0 aliphatic carbocycles. The second-order valence-electron chi connectivity index (χ2n) is 1.80. The number of nitrogens with zero attached hydrogens (tertiary/aromatic N) is 3. The summed E-state index contributed by atoms with van der Waals surface area (Å²) in [6.45, 7) is 0. The fourth-order valence-electron chi connectivity index (χ4n) is 0.606. The standard InChI is InChI=1S/C4H5ClN4O2/c5-3-1-2-8(9(10)11)4(6)7-3/h1-2,4H,6H2. The van der Waals surface area contributed by atoms with Gasteiger partial charge in [0.05, 0.1) is 6.20 Å². The van der Waals surface area contributed by atoms with E-state index in [0.29, 0.717) is 5.01 Å². The minimum atomic E-state index is -1.03. The summed E-state index contributed by atoms with van der Waals surface area (Å²) in [4.78, 5) is 13.7. The molecule has 1 unspecified atom stereocenters. The van der Waals surface area contributed by atoms with E-state index in [1.807, 2.05) is 0 Å². The Balaban J connectivity index is 2.77. The molecule has 1 rings (SSSR count). The molecule has 0 radical (unpaired) electrons. The Morgan fingerprint density at radius 2 is 2.55 bits per heavy atom. The Hall–Kier alpha value is -1.14. The van der Waals surface area contributed by atoms with Crippen molar-refractivity contribution in [3.63, 3.8) is 0 Å². The van der Waals surface area contributed by atoms with Crippen molar-refractivity contribution in [2.75, 3.05) is 0 Å². The maximum atomic E-state index is 10.2. The van der Waals surface area contributed by atoms with Crippen LogP contribution < -0.4 is 5.73 Å². The average molecular weight is 177 g/mol. The number of hydrogen-bond acceptors (Lipinski definition) is 4. The average Bonchev–Trinajstić information content (AvgIpc) is 1.85. The lowest BCUT2D eigenvalue weighted by molar-refractivity contribution is -0.648. The van der Waals surface area contributed by atoms with Gasteiger partial charge in [-0.1, -0.05) is 16.6 Å². The highest BCUT2D eigenvalue weighted by molar-refractivity contribution is 6.68. The normalized spacial score (nSPS) is 23.3. The van der Waals surface area contributed by atoms with Gasteiger partial charge >= 0.3 is 0 Å². The van der Waals surface area contributed by atoms with Crippen LogP contribution in [-0.4, -0.2) is 21.5 Å². The van der Waals surface area contributed by atoms with Crippen LogP contribution >= 0.6 is 11.6 Å². The molecule has 60 valence electrons. The van der Waals surface area contributed by atoms with Crippen molar-refractivity contribution in [2.45, 2.75) is 6.29 Å². The number of halogens is 1. The molecular weight excluding hydrogens is 172 g/mol. The van der Waals surface area contributed by atoms with Crippen molar-refractivity contribution in [2.24, 2.45) is 10.7 Å². The second-order valence-corrected chi connectivity index (χ2v) is 2.19. The van der Waals surface area contributed by atoms with Crippen LogP contribution in [0.1, 0.15) is 0 Å². The number of rotatable bonds is 1. The van der Waals surface area contributed by atoms with Crippen LogP contribution in [0.4, 0.5) is 0 Å². The van der Waals surface area contributed by atoms with Crippen molar-refractivity contribution >= 4 is 16.8 Å². The molecule has 6 nitrogen and oxygen atoms in total. The molecule has 1 heterocycles. The molecule has 0 saturated carbocycles. The Morgan fingerprint density at radius 3 is 3.00 bits per heavy atom. The van der Waals surface area contributed by atoms with Gasteiger partial charge < -0.3 is 0 Å². The summed E-state index contributed by atoms with van der Waals surface area (Å²) in [6, 6.07) is 0. The van der Waals surface area contributed by atoms with E-state index in [2.05, 4.69) is 4.99 Å². The molecule has 1 aliphatic heterocycles. The number of nitro groups is 1. The summed E-state index contributed by atoms with van der Waals surface area (Å²) in [5.74, 6) is 0. The monoisotopic (exact) mass is 176 g/mol. The van der Waals surface area contributed by atoms with Crippen LogP contribution in [0.2, 0.25) is 0 Å². The summed E-state index contributed by atoms with van der Waals surface area (Å²) >= 11 is 5.42. The number of aliphatic imine (C=N–C) groups is 1. The van der Waals surface area contributed by atoms with Crippen LogP contribution in [0.15, 0.2) is 17.3 Å². The molecule has 2 N–H and O–H groups in total. The lowest BCUT2D eigenvalue weighted by Gasteiger charge is -2.16. The quantitative estimate of drug-likeness (QED) is 0.446. The molecule has 7 heteroatoms. The number of allylic oxidation sites excluding steroid dienone is 1. The Labute approximate surface area is 67.1 Å². The topological polar surface area (TPSA) is 84.8 Å². The van der Waals surface area contributed by atoms with Crippen LogP contribution in [0, 0.1) is 10.1 Å². The smallest absolute Gasteiger partial charge is 0.236 e. The van der Waals surface area contributed by atoms with E-state index >= 15 is 0 Å². The molecule has 0 aromatic carbocycles. The van der Waals surface area contributed by atoms with E-state index in [0.717, 1.165) is 0 Å². The SMILES string of the molecule is NC1N=C(Cl)C=CN1[N+](=O)[O-]. The predicted octanol–water partition coefficient (Wildman–Crippen LogP) is -0.113. The zero-order valence-corrected chi connectivity index (χ0v) is 6.10. The van der Waals surface area contributed by atoms with E-state index in [1.54, 1.807) is 0 Å². The maximum absolute atomic E-state index is 10.2. The van der Waals surface area contributed by atoms with E-state index in [4.69, 9.17) is 17.3 Å². The van der Waals surface area contributed by atoms with Crippen molar-refractivity contribution < 1.29 is 5.03 Å². The Kier molecular flexibility index (Phi) is 2.06. The zero-order valence-electron chi connectivity index (χ0n) is 5.35. The lowest BCUT2D eigenvalue weighted by atomic mass is 10.5. The molecule has 0 saturated heterocycles. The third kappa shape index (κ3) is 1.66. The van der Waals surface area contributed by atoms with Crippen molar-refractivity contribution in [3.8, 4) is 0 Å². The van der Waals surface area contributed by atoms with Crippen molar-refractivity contribution in [3.05, 3.63) is 22.4 Å². The van der Waals surface area contributed by atoms with E-state index in [1.165, 1.54) is 12.3 Å². The first-order valence-corrected chi connectivity index (χ1v) is 3.09. The van der Waals surface area contributed by atoms with Crippen LogP contribution in [-0.2, 0) is 0 Å². The molecule has 1 atom stereocenters. The highest BCUT2D eigenvalue weighted by Gasteiger charge is 2.22. The minimum absolute atomic E-state index is 0.163. The lowest BCUT2D eigenvalue weighted by Crippen LogP contribution is -2.42. The molecule has 1 aliphatic rings. The van der Waals surface area contributed by atoms with Gasteiger partial charge in [-0.25, -0.2) is 15.1 Å². The summed E-state index contributed by atoms with van der Waals surface area (Å²) in [7, 11) is 0. The highest BCUT2D eigenvalue weighted by Crippen LogP contribution is 2.05. The van der Waals surface area contributed by atoms with Gasteiger partial charge in [0.2, 0.25) is 6.29 Å². The maximum Gasteiger partial charge on any atom is 0.236 e. The zero-order chi connectivity index (χ0) is 8.43. The molecule has 0 aromatic rings. The summed E-state index contributed by atoms with van der Waals surface area (Å²) in [5, 5.41) is 10.3. The van der Waals surface area contributed by atoms with Crippen LogP contribution in [0.25, 0.3) is 0 Å². The summed E-state index contributed by atoms with van der Waals surface area (Å²) in [6.07, 6.45) is 1.44. The fraction of sp³-hybridized carbons (Fsp3) is 0.250. The van der Waals surface area contributed by atoms with Gasteiger partial charge in [0.25, 0.3) is 0 Å². The van der Waals surface area contributed by atoms with Crippen LogP contribution in [0.5, 0.6) is 0 Å². The number of hydrogen-bond donors (Lipinski definition) is 1. The summed E-state index contributed by atoms with van der Waals surface area (Å²) < 4.78 is 0. The van der Waals surface area contributed by atoms with Crippen molar-refractivity contribution in [1.82, 2.24) is 5.01 Å². The van der Waals surface area contributed by atoms with Crippen LogP contribution in [0.3, 0.4) is 0 Å². The molecule has 0 amide bonds. The van der Waals surface area contributed by atoms with Gasteiger partial charge in [0.15, 0.2) is 5.03 Å². The highest BCUT2D eigenvalue weighted by atomic mass is 35.5. The largest absolute Gasteiger partial charge is 0.288 e. The third-order valence-corrected chi connectivity index (χ3v) is 1.30. The van der Waals surface area contributed by atoms with E-state index in [-0.39, 0.29) is 5.17 Å². The van der Waals surface area contributed by atoms with Gasteiger partial charge in [0.1, 0.15) is 5.17 Å². The van der Waals surface area contributed by atoms with Gasteiger partial charge in [-0.05, 0) is 6.08 Å². The third-order valence-electron chi connectivity index (χ3n) is 1.08. The molecule has 0 fully saturated rings. The minimum Gasteiger partial charge on any atom is -0.288 e. The van der Waals surface area contributed by atoms with E-state index in [9.17, 15) is 10.1 Å². The number of hydrazine groups is 1. The molecule has 0 spiro atoms. The number of nitrogens with two attached hydrogens (primary N) is 1. The van der Waals surface area contributed by atoms with Crippen molar-refractivity contribution in [1.29, 1.82) is 0 Å². The van der Waals surface area contributed by atoms with Gasteiger partial charge in [0, 0.05) is 0 Å². The Bertz CT molecular complexity index is 238. The first-order chi connectivity index (χ1) is 5.11. The van der Waals surface area contributed by atoms with Gasteiger partial charge in [-0.2, -0.15) is 0 Å². The Morgan fingerprint density at radius 1 is 1.91 bits per heavy atom. The molecule has 0 aromatic heterocycles. The predicted molar refractivity (Wildman–Crippen MR) is 39.2 cm³/mol. The molecule has 0 bridgehead atoms. The first-order valence-electron chi connectivity index (χ1n) is 2.71. The van der Waals surface area contributed by atoms with Gasteiger partial charge in [-0.15, -0.1) is 0 Å². The van der Waals surface area contributed by atoms with E-state index < -0.39 is 11.3 Å². The fourth-order valence-corrected chi connectivity index (χ4v) is 0.762. The first kappa shape index (κ1) is 7.96. The van der Waals surface area contributed by atoms with Gasteiger partial charge in [-0.3, -0.25) is 5.73 Å². The molecule has 11 heavy (non-hydrogen) atoms.